The summed E-state index contributed by atoms with van der Waals surface area (Å²) in [7, 11) is 0. The third kappa shape index (κ3) is 3.47. The van der Waals surface area contributed by atoms with Crippen LogP contribution in [-0.4, -0.2) is 5.26 Å². The number of rotatable bonds is 2. The standard InChI is InChI=1S/C19H30O2.I2/c1-12-9-14-10-17(3,4)19(7,8)18(5,6)16(14)13(2)15(12)11-21-20;1-2/h9,20H,10-11H2,1-8H3;. The third-order valence-electron chi connectivity index (χ3n) is 6.74. The van der Waals surface area contributed by atoms with Gasteiger partial charge < -0.3 is 0 Å². The van der Waals surface area contributed by atoms with Crippen molar-refractivity contribution >= 4 is 37.2 Å². The van der Waals surface area contributed by atoms with Gasteiger partial charge in [-0.2, -0.15) is 0 Å². The van der Waals surface area contributed by atoms with E-state index in [0.29, 0.717) is 0 Å². The molecule has 1 aromatic carbocycles. The first-order valence-electron chi connectivity index (χ1n) is 8.00. The van der Waals surface area contributed by atoms with E-state index < -0.39 is 0 Å². The zero-order valence-corrected chi connectivity index (χ0v) is 19.9. The fourth-order valence-corrected chi connectivity index (χ4v) is 4.26. The lowest BCUT2D eigenvalue weighted by Gasteiger charge is -2.57. The molecule has 1 aliphatic carbocycles. The molecular weight excluding hydrogens is 514 g/mol. The molecule has 0 fully saturated rings. The van der Waals surface area contributed by atoms with Gasteiger partial charge >= 0.3 is 0 Å². The second-order valence-electron chi connectivity index (χ2n) is 8.42. The Bertz CT molecular complexity index is 575. The van der Waals surface area contributed by atoms with E-state index in [1.54, 1.807) is 0 Å². The second kappa shape index (κ2) is 7.46. The van der Waals surface area contributed by atoms with Crippen LogP contribution in [0.25, 0.3) is 0 Å². The van der Waals surface area contributed by atoms with E-state index in [-0.39, 0.29) is 22.9 Å². The minimum Gasteiger partial charge on any atom is -0.251 e. The van der Waals surface area contributed by atoms with Crippen LogP contribution in [0.1, 0.15) is 69.4 Å². The van der Waals surface area contributed by atoms with Crippen molar-refractivity contribution in [1.29, 1.82) is 0 Å². The second-order valence-corrected chi connectivity index (χ2v) is 8.42. The van der Waals surface area contributed by atoms with Gasteiger partial charge in [-0.3, -0.25) is 5.26 Å². The molecule has 0 spiro atoms. The number of hydrogen-bond donors (Lipinski definition) is 1. The normalized spacial score (nSPS) is 20.3. The van der Waals surface area contributed by atoms with Gasteiger partial charge in [-0.1, -0.05) is 47.6 Å². The van der Waals surface area contributed by atoms with Crippen LogP contribution >= 0.6 is 37.2 Å². The summed E-state index contributed by atoms with van der Waals surface area (Å²) in [6.07, 6.45) is 1.10. The third-order valence-corrected chi connectivity index (χ3v) is 6.74. The molecule has 0 saturated heterocycles. The smallest absolute Gasteiger partial charge is 0.108 e. The van der Waals surface area contributed by atoms with Gasteiger partial charge in [-0.15, -0.1) is 0 Å². The summed E-state index contributed by atoms with van der Waals surface area (Å²) < 4.78 is 0. The summed E-state index contributed by atoms with van der Waals surface area (Å²) in [4.78, 5) is 4.44. The molecule has 1 aromatic rings. The Kier molecular flexibility index (Phi) is 7.02. The fourth-order valence-electron chi connectivity index (χ4n) is 4.26. The lowest BCUT2D eigenvalue weighted by molar-refractivity contribution is -0.253. The summed E-state index contributed by atoms with van der Waals surface area (Å²) in [6.45, 7) is 18.8. The number of benzene rings is 1. The molecule has 23 heavy (non-hydrogen) atoms. The Morgan fingerprint density at radius 2 is 1.61 bits per heavy atom. The van der Waals surface area contributed by atoms with Gasteiger partial charge in [0.2, 0.25) is 0 Å². The summed E-state index contributed by atoms with van der Waals surface area (Å²) in [5.41, 5.74) is 7.04. The summed E-state index contributed by atoms with van der Waals surface area (Å²) in [5, 5.41) is 8.89. The van der Waals surface area contributed by atoms with E-state index in [9.17, 15) is 0 Å². The minimum atomic E-state index is 0.0755. The Labute approximate surface area is 165 Å². The zero-order chi connectivity index (χ0) is 18.2. The molecule has 2 rings (SSSR count). The van der Waals surface area contributed by atoms with Gasteiger partial charge in [-0.25, -0.2) is 4.89 Å². The quantitative estimate of drug-likeness (QED) is 0.248. The fraction of sp³-hybridized carbons (Fsp3) is 0.684. The topological polar surface area (TPSA) is 29.5 Å². The molecule has 132 valence electrons. The molecule has 1 N–H and O–H groups in total. The van der Waals surface area contributed by atoms with Crippen LogP contribution in [0, 0.1) is 24.7 Å². The summed E-state index contributed by atoms with van der Waals surface area (Å²) >= 11 is 4.24. The molecule has 0 amide bonds. The van der Waals surface area contributed by atoms with E-state index in [2.05, 4.69) is 104 Å². The SMILES string of the molecule is Cc1cc2c(c(C)c1COO)C(C)(C)C(C)(C)C(C)(C)C2.II. The summed E-state index contributed by atoms with van der Waals surface area (Å²) in [5.74, 6) is 0. The van der Waals surface area contributed by atoms with E-state index >= 15 is 0 Å². The highest BCUT2D eigenvalue weighted by atomic mass is 128. The van der Waals surface area contributed by atoms with Crippen molar-refractivity contribution in [3.05, 3.63) is 33.9 Å². The van der Waals surface area contributed by atoms with Gasteiger partial charge in [0.15, 0.2) is 0 Å². The molecule has 1 aliphatic rings. The van der Waals surface area contributed by atoms with Gasteiger partial charge in [0.25, 0.3) is 0 Å². The van der Waals surface area contributed by atoms with Crippen LogP contribution in [0.4, 0.5) is 0 Å². The van der Waals surface area contributed by atoms with E-state index in [4.69, 9.17) is 5.26 Å². The number of hydrogen-bond acceptors (Lipinski definition) is 2. The van der Waals surface area contributed by atoms with Crippen molar-refractivity contribution in [2.24, 2.45) is 10.8 Å². The lowest BCUT2D eigenvalue weighted by atomic mass is 9.47. The van der Waals surface area contributed by atoms with Gasteiger partial charge in [0.05, 0.1) is 0 Å². The first-order chi connectivity index (χ1) is 10.5. The maximum atomic E-state index is 8.89. The van der Waals surface area contributed by atoms with Crippen LogP contribution in [0.3, 0.4) is 0 Å². The monoisotopic (exact) mass is 544 g/mol. The maximum absolute atomic E-state index is 8.89. The molecule has 0 heterocycles. The van der Waals surface area contributed by atoms with Crippen LogP contribution in [0.5, 0.6) is 0 Å². The van der Waals surface area contributed by atoms with Crippen molar-refractivity contribution in [3.8, 4) is 0 Å². The Balaban J connectivity index is 0.00000127. The zero-order valence-electron chi connectivity index (χ0n) is 15.6. The minimum absolute atomic E-state index is 0.0755. The first-order valence-corrected chi connectivity index (χ1v) is 14.3. The molecular formula is C19H30I2O2. The largest absolute Gasteiger partial charge is 0.251 e. The van der Waals surface area contributed by atoms with Gasteiger partial charge in [0.1, 0.15) is 6.61 Å². The van der Waals surface area contributed by atoms with Gasteiger partial charge in [-0.05, 0) is 64.3 Å². The predicted molar refractivity (Wildman–Crippen MR) is 116 cm³/mol. The highest BCUT2D eigenvalue weighted by Gasteiger charge is 2.53. The van der Waals surface area contributed by atoms with Crippen molar-refractivity contribution < 1.29 is 10.1 Å². The van der Waals surface area contributed by atoms with Crippen molar-refractivity contribution in [1.82, 2.24) is 0 Å². The molecule has 4 heteroatoms. The number of fused-ring (bicyclic) bond motifs is 1. The average molecular weight is 544 g/mol. The average Bonchev–Trinajstić information content (AvgIpc) is 2.43. The van der Waals surface area contributed by atoms with Crippen LogP contribution in [0.2, 0.25) is 0 Å². The molecule has 0 bridgehead atoms. The van der Waals surface area contributed by atoms with Crippen LogP contribution in [-0.2, 0) is 23.3 Å². The van der Waals surface area contributed by atoms with Gasteiger partial charge in [0, 0.05) is 37.2 Å². The molecule has 0 aromatic heterocycles. The lowest BCUT2D eigenvalue weighted by Crippen LogP contribution is -2.52. The van der Waals surface area contributed by atoms with E-state index in [0.717, 1.165) is 12.0 Å². The highest BCUT2D eigenvalue weighted by Crippen LogP contribution is 2.59. The first kappa shape index (κ1) is 21.6. The molecule has 0 radical (unpaired) electrons. The number of halogens is 2. The van der Waals surface area contributed by atoms with Crippen molar-refractivity contribution in [3.63, 3.8) is 0 Å². The van der Waals surface area contributed by atoms with E-state index in [1.807, 2.05) is 0 Å². The predicted octanol–water partition coefficient (Wildman–Crippen LogP) is 6.95. The summed E-state index contributed by atoms with van der Waals surface area (Å²) in [6, 6.07) is 2.30. The number of aryl methyl sites for hydroxylation is 1. The van der Waals surface area contributed by atoms with E-state index in [1.165, 1.54) is 22.3 Å². The Hall–Kier alpha value is 0.600. The molecule has 0 unspecified atom stereocenters. The Morgan fingerprint density at radius 1 is 1.09 bits per heavy atom. The maximum Gasteiger partial charge on any atom is 0.108 e. The van der Waals surface area contributed by atoms with Crippen molar-refractivity contribution in [2.45, 2.75) is 73.8 Å². The van der Waals surface area contributed by atoms with Crippen molar-refractivity contribution in [2.75, 3.05) is 0 Å². The Morgan fingerprint density at radius 3 is 2.09 bits per heavy atom. The molecule has 0 atom stereocenters. The molecule has 0 saturated carbocycles. The molecule has 0 aliphatic heterocycles. The van der Waals surface area contributed by atoms with Crippen LogP contribution < -0.4 is 0 Å². The van der Waals surface area contributed by atoms with Crippen LogP contribution in [0.15, 0.2) is 6.07 Å². The molecule has 2 nitrogen and oxygen atoms in total. The highest BCUT2D eigenvalue weighted by molar-refractivity contribution is 15.0.